The van der Waals surface area contributed by atoms with Crippen LogP contribution in [0.3, 0.4) is 0 Å². The van der Waals surface area contributed by atoms with Gasteiger partial charge in [0.15, 0.2) is 11.5 Å². The van der Waals surface area contributed by atoms with Crippen molar-refractivity contribution in [2.45, 2.75) is 12.5 Å². The average Bonchev–Trinajstić information content (AvgIpc) is 2.86. The minimum atomic E-state index is -0.787. The Hall–Kier alpha value is -3.58. The molecule has 4 rings (SSSR count). The highest BCUT2D eigenvalue weighted by Crippen LogP contribution is 2.44. The average molecular weight is 484 g/mol. The van der Waals surface area contributed by atoms with Crippen molar-refractivity contribution in [3.05, 3.63) is 93.3 Å². The molecule has 0 saturated carbocycles. The molecule has 0 spiro atoms. The number of amides is 1. The zero-order valence-electron chi connectivity index (χ0n) is 18.9. The summed E-state index contributed by atoms with van der Waals surface area (Å²) in [5.74, 6) is -0.309. The van der Waals surface area contributed by atoms with Gasteiger partial charge >= 0.3 is 5.97 Å². The van der Waals surface area contributed by atoms with Crippen molar-refractivity contribution in [1.29, 1.82) is 0 Å². The van der Waals surface area contributed by atoms with Crippen LogP contribution in [-0.4, -0.2) is 44.7 Å². The molecule has 1 unspecified atom stereocenters. The lowest BCUT2D eigenvalue weighted by atomic mass is 9.86. The van der Waals surface area contributed by atoms with E-state index < -0.39 is 17.8 Å². The van der Waals surface area contributed by atoms with Crippen LogP contribution in [0.1, 0.15) is 43.4 Å². The Labute approximate surface area is 201 Å². The van der Waals surface area contributed by atoms with E-state index in [1.54, 1.807) is 36.3 Å². The number of methoxy groups -OCH3 is 3. The highest BCUT2D eigenvalue weighted by atomic mass is 35.5. The van der Waals surface area contributed by atoms with Crippen LogP contribution >= 0.6 is 11.6 Å². The molecule has 1 amide bonds. The van der Waals surface area contributed by atoms with Gasteiger partial charge in [-0.3, -0.25) is 4.79 Å². The first-order valence-corrected chi connectivity index (χ1v) is 11.0. The SMILES string of the molecule is COC(=O)c1ccc(C(=O)N2CCc3cc(OC)c(OC)cc3C2c2c(F)cccc2Cl)cc1. The molecule has 1 heterocycles. The quantitative estimate of drug-likeness (QED) is 0.474. The Balaban J connectivity index is 1.84. The van der Waals surface area contributed by atoms with E-state index >= 15 is 4.39 Å². The predicted octanol–water partition coefficient (Wildman–Crippen LogP) is 5.07. The van der Waals surface area contributed by atoms with Crippen LogP contribution in [0.15, 0.2) is 54.6 Å². The van der Waals surface area contributed by atoms with Gasteiger partial charge in [0.2, 0.25) is 0 Å². The number of ether oxygens (including phenoxy) is 3. The van der Waals surface area contributed by atoms with Gasteiger partial charge in [0.1, 0.15) is 5.82 Å². The Morgan fingerprint density at radius 2 is 1.62 bits per heavy atom. The zero-order chi connectivity index (χ0) is 24.4. The maximum absolute atomic E-state index is 15.1. The van der Waals surface area contributed by atoms with Crippen LogP contribution in [0.2, 0.25) is 5.02 Å². The van der Waals surface area contributed by atoms with Crippen molar-refractivity contribution in [3.63, 3.8) is 0 Å². The third kappa shape index (κ3) is 4.19. The molecule has 1 aliphatic heterocycles. The molecule has 34 heavy (non-hydrogen) atoms. The van der Waals surface area contributed by atoms with Crippen LogP contribution in [0.5, 0.6) is 11.5 Å². The summed E-state index contributed by atoms with van der Waals surface area (Å²) in [7, 11) is 4.36. The summed E-state index contributed by atoms with van der Waals surface area (Å²) < 4.78 is 30.8. The van der Waals surface area contributed by atoms with Crippen molar-refractivity contribution >= 4 is 23.5 Å². The van der Waals surface area contributed by atoms with Crippen LogP contribution in [0, 0.1) is 5.82 Å². The largest absolute Gasteiger partial charge is 0.493 e. The van der Waals surface area contributed by atoms with E-state index in [-0.39, 0.29) is 16.5 Å². The van der Waals surface area contributed by atoms with Gasteiger partial charge in [0.05, 0.1) is 32.9 Å². The highest BCUT2D eigenvalue weighted by molar-refractivity contribution is 6.31. The molecule has 3 aromatic carbocycles. The van der Waals surface area contributed by atoms with E-state index in [9.17, 15) is 9.59 Å². The molecular formula is C26H23ClFNO5. The number of halogens is 2. The predicted molar refractivity (Wildman–Crippen MR) is 125 cm³/mol. The van der Waals surface area contributed by atoms with Crippen molar-refractivity contribution in [2.24, 2.45) is 0 Å². The molecule has 3 aromatic rings. The van der Waals surface area contributed by atoms with E-state index in [1.165, 1.54) is 38.5 Å². The minimum absolute atomic E-state index is 0.205. The number of esters is 1. The van der Waals surface area contributed by atoms with Crippen LogP contribution in [0.25, 0.3) is 0 Å². The van der Waals surface area contributed by atoms with Crippen LogP contribution in [-0.2, 0) is 11.2 Å². The molecule has 0 N–H and O–H groups in total. The summed E-state index contributed by atoms with van der Waals surface area (Å²) in [6.45, 7) is 0.329. The molecule has 176 valence electrons. The van der Waals surface area contributed by atoms with E-state index in [0.29, 0.717) is 41.2 Å². The summed E-state index contributed by atoms with van der Waals surface area (Å²) in [4.78, 5) is 27.0. The molecule has 0 aliphatic carbocycles. The second-order valence-corrected chi connectivity index (χ2v) is 8.17. The van der Waals surface area contributed by atoms with Gasteiger partial charge in [0, 0.05) is 22.7 Å². The molecule has 1 aliphatic rings. The first-order valence-electron chi connectivity index (χ1n) is 10.6. The maximum atomic E-state index is 15.1. The number of rotatable bonds is 5. The van der Waals surface area contributed by atoms with Gasteiger partial charge in [-0.1, -0.05) is 17.7 Å². The number of carbonyl (C=O) groups excluding carboxylic acids is 2. The Morgan fingerprint density at radius 1 is 0.971 bits per heavy atom. The number of hydrogen-bond acceptors (Lipinski definition) is 5. The summed E-state index contributed by atoms with van der Waals surface area (Å²) in [5, 5.41) is 0.214. The molecular weight excluding hydrogens is 461 g/mol. The monoisotopic (exact) mass is 483 g/mol. The van der Waals surface area contributed by atoms with Crippen LogP contribution in [0.4, 0.5) is 4.39 Å². The van der Waals surface area contributed by atoms with Gasteiger partial charge in [-0.2, -0.15) is 0 Å². The molecule has 0 aromatic heterocycles. The fourth-order valence-corrected chi connectivity index (χ4v) is 4.55. The molecule has 0 radical (unpaired) electrons. The standard InChI is InChI=1S/C26H23ClFNO5/c1-32-21-13-17-11-12-29(25(30)15-7-9-16(10-8-15)26(31)34-3)24(18(17)14-22(21)33-2)23-19(27)5-4-6-20(23)28/h4-10,13-14,24H,11-12H2,1-3H3. The number of benzene rings is 3. The summed E-state index contributed by atoms with van der Waals surface area (Å²) >= 11 is 6.46. The zero-order valence-corrected chi connectivity index (χ0v) is 19.7. The Morgan fingerprint density at radius 3 is 2.24 bits per heavy atom. The highest BCUT2D eigenvalue weighted by Gasteiger charge is 2.36. The second-order valence-electron chi connectivity index (χ2n) is 7.76. The number of hydrogen-bond donors (Lipinski definition) is 0. The normalized spacial score (nSPS) is 14.9. The van der Waals surface area contributed by atoms with Gasteiger partial charge in [0.25, 0.3) is 5.91 Å². The molecule has 0 saturated heterocycles. The van der Waals surface area contributed by atoms with Crippen LogP contribution < -0.4 is 9.47 Å². The topological polar surface area (TPSA) is 65.1 Å². The molecule has 8 heteroatoms. The van der Waals surface area contributed by atoms with Gasteiger partial charge in [-0.05, 0) is 66.1 Å². The first kappa shape index (κ1) is 23.6. The smallest absolute Gasteiger partial charge is 0.337 e. The Bertz CT molecular complexity index is 1220. The first-order chi connectivity index (χ1) is 16.4. The fraction of sp³-hybridized carbons (Fsp3) is 0.231. The van der Waals surface area contributed by atoms with Crippen molar-refractivity contribution in [2.75, 3.05) is 27.9 Å². The Kier molecular flexibility index (Phi) is 6.75. The molecule has 0 bridgehead atoms. The van der Waals surface area contributed by atoms with E-state index in [0.717, 1.165) is 5.56 Å². The third-order valence-corrected chi connectivity index (χ3v) is 6.29. The summed E-state index contributed by atoms with van der Waals surface area (Å²) in [5.41, 5.74) is 2.50. The van der Waals surface area contributed by atoms with Crippen molar-refractivity contribution < 1.29 is 28.2 Å². The van der Waals surface area contributed by atoms with Gasteiger partial charge in [-0.15, -0.1) is 0 Å². The lowest BCUT2D eigenvalue weighted by molar-refractivity contribution is 0.0599. The van der Waals surface area contributed by atoms with E-state index in [1.807, 2.05) is 6.07 Å². The lowest BCUT2D eigenvalue weighted by Gasteiger charge is -2.38. The third-order valence-electron chi connectivity index (χ3n) is 5.96. The number of nitrogens with zero attached hydrogens (tertiary/aromatic N) is 1. The summed E-state index contributed by atoms with van der Waals surface area (Å²) in [6, 6.07) is 13.4. The number of carbonyl (C=O) groups is 2. The lowest BCUT2D eigenvalue weighted by Crippen LogP contribution is -2.41. The van der Waals surface area contributed by atoms with Gasteiger partial charge in [-0.25, -0.2) is 9.18 Å². The maximum Gasteiger partial charge on any atom is 0.337 e. The molecule has 1 atom stereocenters. The van der Waals surface area contributed by atoms with E-state index in [4.69, 9.17) is 25.8 Å². The van der Waals surface area contributed by atoms with Crippen molar-refractivity contribution in [3.8, 4) is 11.5 Å². The van der Waals surface area contributed by atoms with Gasteiger partial charge < -0.3 is 19.1 Å². The second kappa shape index (κ2) is 9.73. The molecule has 0 fully saturated rings. The fourth-order valence-electron chi connectivity index (χ4n) is 4.28. The molecule has 6 nitrogen and oxygen atoms in total. The van der Waals surface area contributed by atoms with E-state index in [2.05, 4.69) is 0 Å². The minimum Gasteiger partial charge on any atom is -0.493 e. The van der Waals surface area contributed by atoms with Crippen molar-refractivity contribution in [1.82, 2.24) is 4.90 Å². The number of fused-ring (bicyclic) bond motifs is 1. The summed E-state index contributed by atoms with van der Waals surface area (Å²) in [6.07, 6.45) is 0.532.